The summed E-state index contributed by atoms with van der Waals surface area (Å²) >= 11 is 0. The molecule has 2 aliphatic rings. The second-order valence-electron chi connectivity index (χ2n) is 7.13. The van der Waals surface area contributed by atoms with Crippen molar-refractivity contribution in [1.29, 1.82) is 0 Å². The van der Waals surface area contributed by atoms with Crippen LogP contribution in [0.2, 0.25) is 0 Å². The molecule has 3 rings (SSSR count). The molecule has 2 N–H and O–H groups in total. The smallest absolute Gasteiger partial charge is 0.223 e. The van der Waals surface area contributed by atoms with Gasteiger partial charge >= 0.3 is 0 Å². The fourth-order valence-corrected chi connectivity index (χ4v) is 3.41. The Kier molecular flexibility index (Phi) is 6.39. The number of carbonyl (C=O) groups excluding carboxylic acids is 1. The molecule has 0 unspecified atom stereocenters. The van der Waals surface area contributed by atoms with Gasteiger partial charge in [-0.2, -0.15) is 0 Å². The van der Waals surface area contributed by atoms with Crippen LogP contribution in [0.15, 0.2) is 24.3 Å². The van der Waals surface area contributed by atoms with Crippen molar-refractivity contribution in [2.24, 2.45) is 5.92 Å². The number of amides is 1. The number of nitrogens with zero attached hydrogens (tertiary/aromatic N) is 2. The van der Waals surface area contributed by atoms with Gasteiger partial charge in [0, 0.05) is 51.7 Å². The molecule has 1 saturated heterocycles. The molecule has 1 atom stereocenters. The molecular formula is C19H28FN3O2. The Hall–Kier alpha value is -1.50. The number of hydrogen-bond acceptors (Lipinski definition) is 4. The van der Waals surface area contributed by atoms with Crippen LogP contribution in [0.25, 0.3) is 0 Å². The third-order valence-corrected chi connectivity index (χ3v) is 5.33. The van der Waals surface area contributed by atoms with E-state index in [1.54, 1.807) is 12.1 Å². The van der Waals surface area contributed by atoms with Crippen LogP contribution in [0.1, 0.15) is 30.9 Å². The Morgan fingerprint density at radius 2 is 1.96 bits per heavy atom. The highest BCUT2D eigenvalue weighted by Gasteiger charge is 2.25. The van der Waals surface area contributed by atoms with Gasteiger partial charge in [-0.25, -0.2) is 4.39 Å². The van der Waals surface area contributed by atoms with Gasteiger partial charge in [-0.3, -0.25) is 14.6 Å². The molecule has 0 aromatic heterocycles. The molecule has 1 aromatic rings. The number of aliphatic hydroxyl groups is 1. The molecule has 2 fully saturated rings. The van der Waals surface area contributed by atoms with Gasteiger partial charge in [0.25, 0.3) is 0 Å². The maximum absolute atomic E-state index is 13.2. The van der Waals surface area contributed by atoms with Crippen molar-refractivity contribution in [3.05, 3.63) is 35.6 Å². The fraction of sp³-hybridized carbons (Fsp3) is 0.632. The first-order chi connectivity index (χ1) is 12.1. The normalized spacial score (nSPS) is 20.9. The summed E-state index contributed by atoms with van der Waals surface area (Å²) in [7, 11) is 0. The van der Waals surface area contributed by atoms with Crippen LogP contribution in [-0.2, 0) is 4.79 Å². The number of benzene rings is 1. The van der Waals surface area contributed by atoms with E-state index in [1.807, 2.05) is 0 Å². The first kappa shape index (κ1) is 18.3. The van der Waals surface area contributed by atoms with E-state index in [0.29, 0.717) is 18.7 Å². The molecule has 25 heavy (non-hydrogen) atoms. The lowest BCUT2D eigenvalue weighted by atomic mass is 9.85. The SMILES string of the molecule is O=C(NCCN1CCN(C[C@H](O)c2cccc(F)c2)CC1)C1CCC1. The van der Waals surface area contributed by atoms with E-state index >= 15 is 0 Å². The maximum Gasteiger partial charge on any atom is 0.223 e. The number of rotatable bonds is 7. The first-order valence-corrected chi connectivity index (χ1v) is 9.28. The number of halogens is 1. The number of hydrogen-bond donors (Lipinski definition) is 2. The van der Waals surface area contributed by atoms with Crippen molar-refractivity contribution >= 4 is 5.91 Å². The number of piperazine rings is 1. The highest BCUT2D eigenvalue weighted by Crippen LogP contribution is 2.26. The molecule has 1 heterocycles. The van der Waals surface area contributed by atoms with Crippen LogP contribution in [-0.4, -0.2) is 66.6 Å². The molecular weight excluding hydrogens is 321 g/mol. The van der Waals surface area contributed by atoms with Gasteiger partial charge in [-0.15, -0.1) is 0 Å². The van der Waals surface area contributed by atoms with Gasteiger partial charge in [0.15, 0.2) is 0 Å². The minimum absolute atomic E-state index is 0.211. The molecule has 0 bridgehead atoms. The number of aliphatic hydroxyl groups excluding tert-OH is 1. The molecule has 5 nitrogen and oxygen atoms in total. The van der Waals surface area contributed by atoms with Gasteiger partial charge in [0.05, 0.1) is 6.10 Å². The molecule has 1 aliphatic heterocycles. The van der Waals surface area contributed by atoms with Crippen molar-refractivity contribution in [3.8, 4) is 0 Å². The molecule has 1 saturated carbocycles. The standard InChI is InChI=1S/C19H28FN3O2/c20-17-6-2-5-16(13-17)18(24)14-23-11-9-22(10-12-23)8-7-21-19(25)15-3-1-4-15/h2,5-6,13,15,18,24H,1,3-4,7-12,14H2,(H,21,25)/t18-/m0/s1. The molecule has 6 heteroatoms. The Labute approximate surface area is 148 Å². The van der Waals surface area contributed by atoms with E-state index in [2.05, 4.69) is 15.1 Å². The quantitative estimate of drug-likeness (QED) is 0.781. The largest absolute Gasteiger partial charge is 0.387 e. The Bertz CT molecular complexity index is 572. The lowest BCUT2D eigenvalue weighted by Gasteiger charge is -2.35. The molecule has 138 valence electrons. The van der Waals surface area contributed by atoms with Crippen LogP contribution < -0.4 is 5.32 Å². The second kappa shape index (κ2) is 8.74. The monoisotopic (exact) mass is 349 g/mol. The summed E-state index contributed by atoms with van der Waals surface area (Å²) in [5.74, 6) is 0.148. The number of carbonyl (C=O) groups is 1. The van der Waals surface area contributed by atoms with Crippen molar-refractivity contribution in [2.45, 2.75) is 25.4 Å². The number of nitrogens with one attached hydrogen (secondary N) is 1. The fourth-order valence-electron chi connectivity index (χ4n) is 3.41. The van der Waals surface area contributed by atoms with Crippen LogP contribution in [0, 0.1) is 11.7 Å². The van der Waals surface area contributed by atoms with Crippen molar-refractivity contribution in [2.75, 3.05) is 45.8 Å². The van der Waals surface area contributed by atoms with Crippen molar-refractivity contribution in [3.63, 3.8) is 0 Å². The summed E-state index contributed by atoms with van der Waals surface area (Å²) in [6.07, 6.45) is 2.60. The number of β-amino-alcohol motifs (C(OH)–C–C–N with tert-alkyl or cyclic N) is 1. The molecule has 0 spiro atoms. The van der Waals surface area contributed by atoms with Gasteiger partial charge in [0.2, 0.25) is 5.91 Å². The molecule has 1 aliphatic carbocycles. The minimum Gasteiger partial charge on any atom is -0.387 e. The van der Waals surface area contributed by atoms with Gasteiger partial charge < -0.3 is 10.4 Å². The van der Waals surface area contributed by atoms with E-state index in [4.69, 9.17) is 0 Å². The van der Waals surface area contributed by atoms with Crippen LogP contribution in [0.5, 0.6) is 0 Å². The Balaban J connectivity index is 1.33. The van der Waals surface area contributed by atoms with Gasteiger partial charge in [-0.05, 0) is 30.5 Å². The summed E-state index contributed by atoms with van der Waals surface area (Å²) in [5.41, 5.74) is 0.626. The predicted molar refractivity (Wildman–Crippen MR) is 94.6 cm³/mol. The van der Waals surface area contributed by atoms with Crippen LogP contribution in [0.4, 0.5) is 4.39 Å². The van der Waals surface area contributed by atoms with E-state index in [0.717, 1.165) is 45.6 Å². The average molecular weight is 349 g/mol. The predicted octanol–water partition coefficient (Wildman–Crippen LogP) is 1.39. The molecule has 1 aromatic carbocycles. The summed E-state index contributed by atoms with van der Waals surface area (Å²) < 4.78 is 13.2. The molecule has 0 radical (unpaired) electrons. The summed E-state index contributed by atoms with van der Waals surface area (Å²) in [6.45, 7) is 5.71. The summed E-state index contributed by atoms with van der Waals surface area (Å²) in [5, 5.41) is 13.3. The van der Waals surface area contributed by atoms with Gasteiger partial charge in [-0.1, -0.05) is 18.6 Å². The first-order valence-electron chi connectivity index (χ1n) is 9.28. The average Bonchev–Trinajstić information content (AvgIpc) is 2.55. The van der Waals surface area contributed by atoms with E-state index in [9.17, 15) is 14.3 Å². The maximum atomic E-state index is 13.2. The van der Waals surface area contributed by atoms with Crippen molar-refractivity contribution in [1.82, 2.24) is 15.1 Å². The molecule has 1 amide bonds. The van der Waals surface area contributed by atoms with E-state index in [-0.39, 0.29) is 17.6 Å². The third-order valence-electron chi connectivity index (χ3n) is 5.33. The van der Waals surface area contributed by atoms with Crippen LogP contribution in [0.3, 0.4) is 0 Å². The van der Waals surface area contributed by atoms with E-state index in [1.165, 1.54) is 18.6 Å². The Morgan fingerprint density at radius 1 is 1.24 bits per heavy atom. The zero-order chi connectivity index (χ0) is 17.6. The summed E-state index contributed by atoms with van der Waals surface area (Å²) in [6, 6.07) is 6.17. The van der Waals surface area contributed by atoms with Crippen LogP contribution >= 0.6 is 0 Å². The minimum atomic E-state index is -0.663. The zero-order valence-electron chi connectivity index (χ0n) is 14.7. The van der Waals surface area contributed by atoms with E-state index < -0.39 is 6.10 Å². The highest BCUT2D eigenvalue weighted by atomic mass is 19.1. The zero-order valence-corrected chi connectivity index (χ0v) is 14.7. The highest BCUT2D eigenvalue weighted by molar-refractivity contribution is 5.79. The Morgan fingerprint density at radius 3 is 2.60 bits per heavy atom. The third kappa shape index (κ3) is 5.23. The topological polar surface area (TPSA) is 55.8 Å². The second-order valence-corrected chi connectivity index (χ2v) is 7.13. The van der Waals surface area contributed by atoms with Gasteiger partial charge in [0.1, 0.15) is 5.82 Å². The lowest BCUT2D eigenvalue weighted by Crippen LogP contribution is -2.49. The van der Waals surface area contributed by atoms with Crippen molar-refractivity contribution < 1.29 is 14.3 Å². The summed E-state index contributed by atoms with van der Waals surface area (Å²) in [4.78, 5) is 16.4. The lowest BCUT2D eigenvalue weighted by molar-refractivity contribution is -0.127.